The fourth-order valence-electron chi connectivity index (χ4n) is 2.82. The van der Waals surface area contributed by atoms with Gasteiger partial charge in [0.25, 0.3) is 0 Å². The minimum atomic E-state index is 1.29. The molecule has 0 heterocycles. The van der Waals surface area contributed by atoms with E-state index in [9.17, 15) is 0 Å². The van der Waals surface area contributed by atoms with Gasteiger partial charge in [-0.1, -0.05) is 130 Å². The summed E-state index contributed by atoms with van der Waals surface area (Å²) >= 11 is 0. The van der Waals surface area contributed by atoms with Gasteiger partial charge in [0.2, 0.25) is 0 Å². The van der Waals surface area contributed by atoms with Gasteiger partial charge in [0.05, 0.1) is 0 Å². The van der Waals surface area contributed by atoms with Gasteiger partial charge >= 0.3 is 0 Å². The lowest BCUT2D eigenvalue weighted by molar-refractivity contribution is 1.46. The Hall–Kier alpha value is -2.86. The topological polar surface area (TPSA) is 0 Å². The van der Waals surface area contributed by atoms with Gasteiger partial charge in [-0.25, -0.2) is 0 Å². The molecule has 0 radical (unpaired) electrons. The second kappa shape index (κ2) is 13.3. The fourth-order valence-corrected chi connectivity index (χ4v) is 2.82. The summed E-state index contributed by atoms with van der Waals surface area (Å²) in [6.45, 7) is 12.3. The maximum atomic E-state index is 2.20. The van der Waals surface area contributed by atoms with Crippen molar-refractivity contribution in [2.45, 2.75) is 41.5 Å². The first-order valence-electron chi connectivity index (χ1n) is 10.3. The van der Waals surface area contributed by atoms with Gasteiger partial charge in [0, 0.05) is 0 Å². The maximum Gasteiger partial charge on any atom is -0.0155 e. The van der Waals surface area contributed by atoms with Gasteiger partial charge in [-0.2, -0.15) is 0 Å². The van der Waals surface area contributed by atoms with E-state index in [1.807, 2.05) is 33.8 Å². The highest BCUT2D eigenvalue weighted by Crippen LogP contribution is 2.22. The molecule has 0 aliphatic rings. The molecule has 0 aliphatic heterocycles. The smallest absolute Gasteiger partial charge is 0.0155 e. The maximum absolute atomic E-state index is 2.20. The molecular formula is C28H34. The molecule has 4 aromatic rings. The van der Waals surface area contributed by atoms with Crippen LogP contribution in [0, 0.1) is 13.8 Å². The molecule has 0 N–H and O–H groups in total. The Kier molecular flexibility index (Phi) is 11.0. The van der Waals surface area contributed by atoms with Gasteiger partial charge in [0.1, 0.15) is 0 Å². The molecule has 146 valence electrons. The minimum Gasteiger partial charge on any atom is -0.0683 e. The summed E-state index contributed by atoms with van der Waals surface area (Å²) in [7, 11) is 0. The van der Waals surface area contributed by atoms with Crippen LogP contribution in [-0.2, 0) is 0 Å². The van der Waals surface area contributed by atoms with Crippen molar-refractivity contribution >= 4 is 10.8 Å². The predicted octanol–water partition coefficient (Wildman–Crippen LogP) is 8.86. The normalized spacial score (nSPS) is 9.07. The molecule has 0 amide bonds. The molecule has 0 aliphatic carbocycles. The summed E-state index contributed by atoms with van der Waals surface area (Å²) in [5.41, 5.74) is 5.26. The Morgan fingerprint density at radius 3 is 1.64 bits per heavy atom. The lowest BCUT2D eigenvalue weighted by Crippen LogP contribution is -1.80. The Morgan fingerprint density at radius 2 is 1.00 bits per heavy atom. The van der Waals surface area contributed by atoms with E-state index in [0.717, 1.165) is 0 Å². The zero-order chi connectivity index (χ0) is 20.8. The van der Waals surface area contributed by atoms with E-state index >= 15 is 0 Å². The molecule has 28 heavy (non-hydrogen) atoms. The molecule has 4 aromatic carbocycles. The highest BCUT2D eigenvalue weighted by Gasteiger charge is 1.97. The van der Waals surface area contributed by atoms with Gasteiger partial charge < -0.3 is 0 Å². The second-order valence-corrected chi connectivity index (χ2v) is 6.03. The Bertz CT molecular complexity index is 920. The van der Waals surface area contributed by atoms with Gasteiger partial charge in [-0.15, -0.1) is 0 Å². The van der Waals surface area contributed by atoms with Crippen LogP contribution in [0.3, 0.4) is 0 Å². The molecule has 0 heteroatoms. The third-order valence-electron chi connectivity index (χ3n) is 4.13. The number of hydrogen-bond donors (Lipinski definition) is 0. The van der Waals surface area contributed by atoms with Crippen molar-refractivity contribution < 1.29 is 0 Å². The summed E-state index contributed by atoms with van der Waals surface area (Å²) in [6, 6.07) is 33.8. The molecule has 0 fully saturated rings. The Labute approximate surface area is 171 Å². The summed E-state index contributed by atoms with van der Waals surface area (Å²) in [4.78, 5) is 0. The molecule has 0 saturated carbocycles. The average Bonchev–Trinajstić information content (AvgIpc) is 2.78. The summed E-state index contributed by atoms with van der Waals surface area (Å²) in [5, 5.41) is 2.64. The monoisotopic (exact) mass is 370 g/mol. The predicted molar refractivity (Wildman–Crippen MR) is 128 cm³/mol. The molecule has 0 unspecified atom stereocenters. The lowest BCUT2D eigenvalue weighted by atomic mass is 10.0. The van der Waals surface area contributed by atoms with Crippen LogP contribution in [0.25, 0.3) is 21.9 Å². The standard InChI is InChI=1S/C13H12.C11H10.2C2H6/c1-11-7-5-6-10-13(11)12-8-3-2-4-9-12;1-9-6-7-10-4-2-3-5-11(10)8-9;2*1-2/h2-10H,1H3;2-8H,1H3;2*1-2H3. The third-order valence-corrected chi connectivity index (χ3v) is 4.13. The van der Waals surface area contributed by atoms with Crippen LogP contribution in [0.2, 0.25) is 0 Å². The second-order valence-electron chi connectivity index (χ2n) is 6.03. The van der Waals surface area contributed by atoms with Crippen LogP contribution in [0.1, 0.15) is 38.8 Å². The highest BCUT2D eigenvalue weighted by molar-refractivity contribution is 5.82. The number of benzene rings is 4. The molecular weight excluding hydrogens is 336 g/mol. The molecule has 0 spiro atoms. The minimum absolute atomic E-state index is 1.29. The van der Waals surface area contributed by atoms with Crippen molar-refractivity contribution in [1.29, 1.82) is 0 Å². The summed E-state index contributed by atoms with van der Waals surface area (Å²) in [5.74, 6) is 0. The van der Waals surface area contributed by atoms with Gasteiger partial charge in [-0.3, -0.25) is 0 Å². The largest absolute Gasteiger partial charge is 0.0683 e. The average molecular weight is 371 g/mol. The van der Waals surface area contributed by atoms with Crippen LogP contribution in [0.5, 0.6) is 0 Å². The van der Waals surface area contributed by atoms with E-state index in [0.29, 0.717) is 0 Å². The van der Waals surface area contributed by atoms with Crippen molar-refractivity contribution in [3.05, 3.63) is 108 Å². The molecule has 0 saturated heterocycles. The van der Waals surface area contributed by atoms with Crippen LogP contribution >= 0.6 is 0 Å². The quantitative estimate of drug-likeness (QED) is 0.314. The van der Waals surface area contributed by atoms with E-state index in [-0.39, 0.29) is 0 Å². The van der Waals surface area contributed by atoms with E-state index in [1.165, 1.54) is 33.0 Å². The Balaban J connectivity index is 0.000000240. The summed E-state index contributed by atoms with van der Waals surface area (Å²) < 4.78 is 0. The molecule has 4 rings (SSSR count). The van der Waals surface area contributed by atoms with Crippen molar-refractivity contribution in [3.8, 4) is 11.1 Å². The SMILES string of the molecule is CC.CC.Cc1ccc2ccccc2c1.Cc1ccccc1-c1ccccc1. The van der Waals surface area contributed by atoms with Crippen molar-refractivity contribution in [3.63, 3.8) is 0 Å². The van der Waals surface area contributed by atoms with Crippen molar-refractivity contribution in [2.75, 3.05) is 0 Å². The highest BCUT2D eigenvalue weighted by atomic mass is 14.0. The van der Waals surface area contributed by atoms with Gasteiger partial charge in [0.15, 0.2) is 0 Å². The number of fused-ring (bicyclic) bond motifs is 1. The number of hydrogen-bond acceptors (Lipinski definition) is 0. The van der Waals surface area contributed by atoms with E-state index in [1.54, 1.807) is 0 Å². The van der Waals surface area contributed by atoms with E-state index in [2.05, 4.69) is 105 Å². The van der Waals surface area contributed by atoms with Crippen LogP contribution in [0.4, 0.5) is 0 Å². The lowest BCUT2D eigenvalue weighted by Gasteiger charge is -2.04. The van der Waals surface area contributed by atoms with Crippen LogP contribution in [0.15, 0.2) is 97.1 Å². The zero-order valence-electron chi connectivity index (χ0n) is 18.2. The van der Waals surface area contributed by atoms with Crippen molar-refractivity contribution in [2.24, 2.45) is 0 Å². The summed E-state index contributed by atoms with van der Waals surface area (Å²) in [6.07, 6.45) is 0. The molecule has 0 nitrogen and oxygen atoms in total. The van der Waals surface area contributed by atoms with Crippen molar-refractivity contribution in [1.82, 2.24) is 0 Å². The van der Waals surface area contributed by atoms with Crippen LogP contribution < -0.4 is 0 Å². The molecule has 0 atom stereocenters. The number of rotatable bonds is 1. The molecule has 0 aromatic heterocycles. The number of aryl methyl sites for hydroxylation is 2. The first kappa shape index (κ1) is 23.2. The van der Waals surface area contributed by atoms with Crippen LogP contribution in [-0.4, -0.2) is 0 Å². The van der Waals surface area contributed by atoms with E-state index in [4.69, 9.17) is 0 Å². The third kappa shape index (κ3) is 7.04. The first-order valence-corrected chi connectivity index (χ1v) is 10.3. The zero-order valence-corrected chi connectivity index (χ0v) is 18.2. The fraction of sp³-hybridized carbons (Fsp3) is 0.214. The van der Waals surface area contributed by atoms with E-state index < -0.39 is 0 Å². The molecule has 0 bridgehead atoms. The Morgan fingerprint density at radius 1 is 0.464 bits per heavy atom. The van der Waals surface area contributed by atoms with Gasteiger partial charge in [-0.05, 0) is 41.3 Å². The first-order chi connectivity index (χ1) is 13.7.